The molecule has 2 rings (SSSR count). The van der Waals surface area contributed by atoms with Crippen molar-refractivity contribution in [1.29, 1.82) is 0 Å². The molecule has 1 fully saturated rings. The Kier molecular flexibility index (Phi) is 2.27. The molecule has 2 heterocycles. The van der Waals surface area contributed by atoms with Crippen molar-refractivity contribution in [3.63, 3.8) is 0 Å². The molecule has 0 bridgehead atoms. The second-order valence-electron chi connectivity index (χ2n) is 3.67. The van der Waals surface area contributed by atoms with Crippen LogP contribution in [0, 0.1) is 6.92 Å². The quantitative estimate of drug-likeness (QED) is 0.763. The van der Waals surface area contributed by atoms with E-state index in [0.29, 0.717) is 5.82 Å². The Bertz CT molecular complexity index is 344. The van der Waals surface area contributed by atoms with Gasteiger partial charge in [-0.1, -0.05) is 6.92 Å². The van der Waals surface area contributed by atoms with Gasteiger partial charge in [-0.2, -0.15) is 0 Å². The minimum atomic E-state index is 0.624. The predicted octanol–water partition coefficient (Wildman–Crippen LogP) is 1.14. The van der Waals surface area contributed by atoms with Crippen molar-refractivity contribution >= 4 is 11.6 Å². The van der Waals surface area contributed by atoms with E-state index in [0.717, 1.165) is 36.7 Å². The number of nitrogens with zero attached hydrogens (tertiary/aromatic N) is 3. The van der Waals surface area contributed by atoms with Crippen molar-refractivity contribution in [2.75, 3.05) is 23.7 Å². The van der Waals surface area contributed by atoms with Crippen LogP contribution in [-0.2, 0) is 6.42 Å². The summed E-state index contributed by atoms with van der Waals surface area (Å²) in [4.78, 5) is 11.0. The average molecular weight is 192 g/mol. The molecular formula is C10H16N4. The van der Waals surface area contributed by atoms with Gasteiger partial charge in [0.25, 0.3) is 0 Å². The summed E-state index contributed by atoms with van der Waals surface area (Å²) >= 11 is 0. The fourth-order valence-corrected chi connectivity index (χ4v) is 1.56. The highest BCUT2D eigenvalue weighted by molar-refractivity contribution is 5.57. The Labute approximate surface area is 84.2 Å². The summed E-state index contributed by atoms with van der Waals surface area (Å²) in [6.45, 7) is 6.23. The van der Waals surface area contributed by atoms with E-state index in [9.17, 15) is 0 Å². The Morgan fingerprint density at radius 1 is 1.36 bits per heavy atom. The van der Waals surface area contributed by atoms with E-state index >= 15 is 0 Å². The molecule has 0 amide bonds. The Morgan fingerprint density at radius 2 is 2.07 bits per heavy atom. The number of nitrogens with two attached hydrogens (primary N) is 1. The number of hydrogen-bond donors (Lipinski definition) is 1. The van der Waals surface area contributed by atoms with Crippen molar-refractivity contribution in [3.05, 3.63) is 11.4 Å². The molecule has 14 heavy (non-hydrogen) atoms. The van der Waals surface area contributed by atoms with Crippen molar-refractivity contribution in [2.45, 2.75) is 26.7 Å². The lowest BCUT2D eigenvalue weighted by molar-refractivity contribution is 0.605. The zero-order valence-electron chi connectivity index (χ0n) is 8.75. The van der Waals surface area contributed by atoms with Gasteiger partial charge in [-0.25, -0.2) is 9.97 Å². The lowest BCUT2D eigenvalue weighted by Gasteiger charge is -2.33. The molecule has 4 heteroatoms. The minimum Gasteiger partial charge on any atom is -0.383 e. The van der Waals surface area contributed by atoms with E-state index in [1.165, 1.54) is 6.42 Å². The molecule has 1 aliphatic rings. The monoisotopic (exact) mass is 192 g/mol. The molecule has 0 saturated carbocycles. The van der Waals surface area contributed by atoms with Crippen molar-refractivity contribution < 1.29 is 0 Å². The summed E-state index contributed by atoms with van der Waals surface area (Å²) in [6, 6.07) is 0. The number of hydrogen-bond acceptors (Lipinski definition) is 4. The number of nitrogen functional groups attached to an aromatic ring is 1. The number of rotatable bonds is 2. The van der Waals surface area contributed by atoms with Crippen LogP contribution in [0.3, 0.4) is 0 Å². The van der Waals surface area contributed by atoms with Gasteiger partial charge in [0.2, 0.25) is 0 Å². The molecule has 76 valence electrons. The maximum Gasteiger partial charge on any atom is 0.137 e. The van der Waals surface area contributed by atoms with E-state index in [4.69, 9.17) is 5.73 Å². The van der Waals surface area contributed by atoms with E-state index in [-0.39, 0.29) is 0 Å². The van der Waals surface area contributed by atoms with E-state index in [2.05, 4.69) is 14.9 Å². The Morgan fingerprint density at radius 3 is 2.57 bits per heavy atom. The van der Waals surface area contributed by atoms with Gasteiger partial charge in [-0.15, -0.1) is 0 Å². The largest absolute Gasteiger partial charge is 0.383 e. The molecule has 0 aromatic carbocycles. The molecule has 0 radical (unpaired) electrons. The molecule has 1 aliphatic heterocycles. The molecule has 2 N–H and O–H groups in total. The first kappa shape index (κ1) is 9.24. The van der Waals surface area contributed by atoms with E-state index < -0.39 is 0 Å². The van der Waals surface area contributed by atoms with Crippen molar-refractivity contribution in [3.8, 4) is 0 Å². The SMILES string of the molecule is CCc1nc(N)c(C)c(N2CCC2)n1. The first-order valence-electron chi connectivity index (χ1n) is 5.10. The summed E-state index contributed by atoms with van der Waals surface area (Å²) in [7, 11) is 0. The lowest BCUT2D eigenvalue weighted by Crippen LogP contribution is -2.38. The lowest BCUT2D eigenvalue weighted by atomic mass is 10.2. The highest BCUT2D eigenvalue weighted by Gasteiger charge is 2.19. The van der Waals surface area contributed by atoms with Crippen LogP contribution in [0.2, 0.25) is 0 Å². The second-order valence-corrected chi connectivity index (χ2v) is 3.67. The van der Waals surface area contributed by atoms with Gasteiger partial charge in [0.15, 0.2) is 0 Å². The molecule has 1 aromatic heterocycles. The first-order chi connectivity index (χ1) is 6.72. The number of anilines is 2. The predicted molar refractivity (Wildman–Crippen MR) is 57.4 cm³/mol. The Balaban J connectivity index is 2.40. The van der Waals surface area contributed by atoms with Crippen molar-refractivity contribution in [1.82, 2.24) is 9.97 Å². The molecule has 0 aliphatic carbocycles. The van der Waals surface area contributed by atoms with Crippen LogP contribution in [0.15, 0.2) is 0 Å². The van der Waals surface area contributed by atoms with Gasteiger partial charge in [0, 0.05) is 25.1 Å². The smallest absolute Gasteiger partial charge is 0.137 e. The zero-order chi connectivity index (χ0) is 10.1. The average Bonchev–Trinajstić information content (AvgIpc) is 2.09. The van der Waals surface area contributed by atoms with Gasteiger partial charge in [0.1, 0.15) is 17.5 Å². The zero-order valence-corrected chi connectivity index (χ0v) is 8.75. The van der Waals surface area contributed by atoms with Crippen LogP contribution in [0.5, 0.6) is 0 Å². The summed E-state index contributed by atoms with van der Waals surface area (Å²) in [5.74, 6) is 2.49. The molecule has 1 aromatic rings. The van der Waals surface area contributed by atoms with Crippen LogP contribution < -0.4 is 10.6 Å². The topological polar surface area (TPSA) is 55.0 Å². The Hall–Kier alpha value is -1.32. The van der Waals surface area contributed by atoms with Crippen LogP contribution in [0.25, 0.3) is 0 Å². The fraction of sp³-hybridized carbons (Fsp3) is 0.600. The summed E-state index contributed by atoms with van der Waals surface area (Å²) in [6.07, 6.45) is 2.09. The summed E-state index contributed by atoms with van der Waals surface area (Å²) < 4.78 is 0. The minimum absolute atomic E-state index is 0.624. The molecule has 0 spiro atoms. The van der Waals surface area contributed by atoms with E-state index in [1.807, 2.05) is 13.8 Å². The van der Waals surface area contributed by atoms with E-state index in [1.54, 1.807) is 0 Å². The van der Waals surface area contributed by atoms with Gasteiger partial charge in [-0.3, -0.25) is 0 Å². The van der Waals surface area contributed by atoms with Gasteiger partial charge < -0.3 is 10.6 Å². The summed E-state index contributed by atoms with van der Waals surface area (Å²) in [5, 5.41) is 0. The van der Waals surface area contributed by atoms with Crippen LogP contribution in [0.4, 0.5) is 11.6 Å². The number of aryl methyl sites for hydroxylation is 1. The summed E-state index contributed by atoms with van der Waals surface area (Å²) in [5.41, 5.74) is 6.85. The van der Waals surface area contributed by atoms with Crippen LogP contribution >= 0.6 is 0 Å². The third-order valence-electron chi connectivity index (χ3n) is 2.68. The number of aromatic nitrogens is 2. The van der Waals surface area contributed by atoms with Gasteiger partial charge in [0.05, 0.1) is 0 Å². The van der Waals surface area contributed by atoms with Gasteiger partial charge >= 0.3 is 0 Å². The highest BCUT2D eigenvalue weighted by Crippen LogP contribution is 2.25. The third kappa shape index (κ3) is 1.41. The second kappa shape index (κ2) is 3.44. The molecular weight excluding hydrogens is 176 g/mol. The van der Waals surface area contributed by atoms with Crippen LogP contribution in [-0.4, -0.2) is 23.1 Å². The molecule has 0 atom stereocenters. The fourth-order valence-electron chi connectivity index (χ4n) is 1.56. The van der Waals surface area contributed by atoms with Crippen molar-refractivity contribution in [2.24, 2.45) is 0 Å². The maximum absolute atomic E-state index is 5.84. The first-order valence-corrected chi connectivity index (χ1v) is 5.10. The maximum atomic E-state index is 5.84. The standard InChI is InChI=1S/C10H16N4/c1-3-8-12-9(11)7(2)10(13-8)14-5-4-6-14/h3-6H2,1-2H3,(H2,11,12,13). The molecule has 0 unspecified atom stereocenters. The third-order valence-corrected chi connectivity index (χ3v) is 2.68. The highest BCUT2D eigenvalue weighted by atomic mass is 15.2. The molecule has 4 nitrogen and oxygen atoms in total. The molecule has 1 saturated heterocycles. The van der Waals surface area contributed by atoms with Gasteiger partial charge in [-0.05, 0) is 13.3 Å². The normalized spacial score (nSPS) is 15.4. The van der Waals surface area contributed by atoms with Crippen LogP contribution in [0.1, 0.15) is 24.7 Å².